The van der Waals surface area contributed by atoms with E-state index >= 15 is 0 Å². The molecule has 0 radical (unpaired) electrons. The quantitative estimate of drug-likeness (QED) is 0.487. The van der Waals surface area contributed by atoms with E-state index in [-0.39, 0.29) is 18.0 Å². The number of halogens is 5. The lowest BCUT2D eigenvalue weighted by Crippen LogP contribution is -2.33. The fourth-order valence-electron chi connectivity index (χ4n) is 2.29. The molecule has 1 N–H and O–H groups in total. The highest BCUT2D eigenvalue weighted by molar-refractivity contribution is 5.97. The number of likely N-dealkylation sites (N-methyl/N-ethyl adjacent to an activating group) is 1. The highest BCUT2D eigenvalue weighted by Crippen LogP contribution is 2.24. The van der Waals surface area contributed by atoms with Gasteiger partial charge in [-0.05, 0) is 48.0 Å². The van der Waals surface area contributed by atoms with Gasteiger partial charge in [-0.1, -0.05) is 12.1 Å². The van der Waals surface area contributed by atoms with E-state index in [2.05, 4.69) is 14.8 Å². The number of hydrogen-bond acceptors (Lipinski definition) is 4. The maximum atomic E-state index is 12.1. The van der Waals surface area contributed by atoms with Crippen LogP contribution < -0.4 is 14.8 Å². The molecule has 2 rings (SSSR count). The Hall–Kier alpha value is -3.63. The molecule has 2 amide bonds. The fraction of sp³-hybridized carbons (Fsp3) is 0.200. The van der Waals surface area contributed by atoms with Crippen molar-refractivity contribution in [1.29, 1.82) is 0 Å². The normalized spacial score (nSPS) is 11.5. The fourth-order valence-corrected chi connectivity index (χ4v) is 2.29. The van der Waals surface area contributed by atoms with Gasteiger partial charge in [0.25, 0.3) is 0 Å². The van der Waals surface area contributed by atoms with Crippen LogP contribution in [0, 0.1) is 0 Å². The van der Waals surface area contributed by atoms with Crippen molar-refractivity contribution < 1.29 is 41.0 Å². The van der Waals surface area contributed by atoms with Crippen LogP contribution in [0.1, 0.15) is 5.56 Å². The van der Waals surface area contributed by atoms with Crippen LogP contribution in [-0.4, -0.2) is 43.3 Å². The number of rotatable bonds is 8. The van der Waals surface area contributed by atoms with E-state index in [1.165, 1.54) is 55.6 Å². The predicted octanol–water partition coefficient (Wildman–Crippen LogP) is 4.30. The van der Waals surface area contributed by atoms with Crippen molar-refractivity contribution in [2.75, 3.05) is 18.9 Å². The minimum Gasteiger partial charge on any atom is -0.435 e. The molecule has 0 aromatic heterocycles. The molecule has 0 aliphatic rings. The Morgan fingerprint density at radius 3 is 2.16 bits per heavy atom. The first kappa shape index (κ1) is 23.6. The van der Waals surface area contributed by atoms with Crippen molar-refractivity contribution in [3.8, 4) is 11.5 Å². The number of amides is 2. The number of ether oxygens (including phenoxy) is 2. The number of nitrogens with one attached hydrogen (secondary N) is 1. The van der Waals surface area contributed by atoms with Gasteiger partial charge in [0.05, 0.1) is 6.54 Å². The second-order valence-corrected chi connectivity index (χ2v) is 6.10. The molecule has 0 fully saturated rings. The molecule has 0 unspecified atom stereocenters. The molecule has 166 valence electrons. The molecule has 0 atom stereocenters. The average molecular weight is 444 g/mol. The Morgan fingerprint density at radius 1 is 1.03 bits per heavy atom. The molecule has 0 bridgehead atoms. The molecular weight excluding hydrogens is 427 g/mol. The van der Waals surface area contributed by atoms with E-state index in [9.17, 15) is 31.5 Å². The number of nitrogens with zero attached hydrogens (tertiary/aromatic N) is 1. The van der Waals surface area contributed by atoms with Gasteiger partial charge in [-0.3, -0.25) is 9.59 Å². The van der Waals surface area contributed by atoms with Gasteiger partial charge < -0.3 is 19.7 Å². The first-order valence-corrected chi connectivity index (χ1v) is 8.65. The molecule has 11 heteroatoms. The van der Waals surface area contributed by atoms with E-state index < -0.39 is 30.5 Å². The molecule has 2 aromatic rings. The van der Waals surface area contributed by atoms with E-state index in [0.29, 0.717) is 5.56 Å². The molecule has 0 saturated carbocycles. The zero-order valence-corrected chi connectivity index (χ0v) is 16.0. The molecular formula is C20H17F5N2O4. The van der Waals surface area contributed by atoms with Crippen molar-refractivity contribution >= 4 is 23.6 Å². The van der Waals surface area contributed by atoms with Crippen molar-refractivity contribution in [2.24, 2.45) is 0 Å². The third-order valence-electron chi connectivity index (χ3n) is 3.65. The number of anilines is 1. The largest absolute Gasteiger partial charge is 0.573 e. The Morgan fingerprint density at radius 2 is 1.61 bits per heavy atom. The van der Waals surface area contributed by atoms with E-state index in [1.807, 2.05) is 0 Å². The number of benzene rings is 2. The van der Waals surface area contributed by atoms with Gasteiger partial charge in [0.15, 0.2) is 0 Å². The van der Waals surface area contributed by atoms with Crippen molar-refractivity contribution in [2.45, 2.75) is 13.0 Å². The van der Waals surface area contributed by atoms with Gasteiger partial charge in [-0.15, -0.1) is 13.2 Å². The summed E-state index contributed by atoms with van der Waals surface area (Å²) in [5.41, 5.74) is 0.774. The lowest BCUT2D eigenvalue weighted by Gasteiger charge is -2.15. The summed E-state index contributed by atoms with van der Waals surface area (Å²) in [6, 6.07) is 10.1. The number of carbonyl (C=O) groups is 2. The standard InChI is InChI=1S/C20H17F5N2O4/c1-27(18(29)11-4-13-2-7-15(8-3-13)30-19(21)22)12-17(28)26-14-5-9-16(10-6-14)31-20(23,24)25/h2-11,19H,12H2,1H3,(H,26,28)/b11-4+. The lowest BCUT2D eigenvalue weighted by molar-refractivity contribution is -0.274. The SMILES string of the molecule is CN(CC(=O)Nc1ccc(OC(F)(F)F)cc1)C(=O)/C=C/c1ccc(OC(F)F)cc1. The van der Waals surface area contributed by atoms with Crippen LogP contribution >= 0.6 is 0 Å². The third kappa shape index (κ3) is 8.72. The highest BCUT2D eigenvalue weighted by Gasteiger charge is 2.30. The summed E-state index contributed by atoms with van der Waals surface area (Å²) >= 11 is 0. The van der Waals surface area contributed by atoms with Crippen LogP contribution in [0.25, 0.3) is 6.08 Å². The highest BCUT2D eigenvalue weighted by atomic mass is 19.4. The zero-order valence-electron chi connectivity index (χ0n) is 16.0. The van der Waals surface area contributed by atoms with Crippen LogP contribution in [-0.2, 0) is 9.59 Å². The molecule has 2 aromatic carbocycles. The summed E-state index contributed by atoms with van der Waals surface area (Å²) in [4.78, 5) is 25.2. The summed E-state index contributed by atoms with van der Waals surface area (Å²) in [7, 11) is 1.38. The minimum absolute atomic E-state index is 0.0229. The molecule has 0 heterocycles. The van der Waals surface area contributed by atoms with Gasteiger partial charge >= 0.3 is 13.0 Å². The van der Waals surface area contributed by atoms with Gasteiger partial charge in [-0.25, -0.2) is 0 Å². The maximum absolute atomic E-state index is 12.1. The molecule has 6 nitrogen and oxygen atoms in total. The van der Waals surface area contributed by atoms with E-state index in [4.69, 9.17) is 0 Å². The number of alkyl halides is 5. The topological polar surface area (TPSA) is 67.9 Å². The summed E-state index contributed by atoms with van der Waals surface area (Å²) in [6.07, 6.45) is -2.19. The van der Waals surface area contributed by atoms with Gasteiger partial charge in [0.2, 0.25) is 11.8 Å². The van der Waals surface area contributed by atoms with Gasteiger partial charge in [-0.2, -0.15) is 8.78 Å². The smallest absolute Gasteiger partial charge is 0.435 e. The summed E-state index contributed by atoms with van der Waals surface area (Å²) in [6.45, 7) is -3.25. The maximum Gasteiger partial charge on any atom is 0.573 e. The zero-order chi connectivity index (χ0) is 23.0. The average Bonchev–Trinajstić information content (AvgIpc) is 2.67. The van der Waals surface area contributed by atoms with Gasteiger partial charge in [0.1, 0.15) is 11.5 Å². The van der Waals surface area contributed by atoms with Crippen LogP contribution in [0.15, 0.2) is 54.6 Å². The Kier molecular flexibility index (Phi) is 7.94. The van der Waals surface area contributed by atoms with Crippen LogP contribution in [0.2, 0.25) is 0 Å². The first-order chi connectivity index (χ1) is 14.5. The minimum atomic E-state index is -4.82. The Balaban J connectivity index is 1.84. The molecule has 0 spiro atoms. The monoisotopic (exact) mass is 444 g/mol. The van der Waals surface area contributed by atoms with E-state index in [1.54, 1.807) is 0 Å². The summed E-state index contributed by atoms with van der Waals surface area (Å²) in [5, 5.41) is 2.44. The van der Waals surface area contributed by atoms with Crippen molar-refractivity contribution in [1.82, 2.24) is 4.90 Å². The number of carbonyl (C=O) groups excluding carboxylic acids is 2. The Bertz CT molecular complexity index is 913. The lowest BCUT2D eigenvalue weighted by atomic mass is 10.2. The summed E-state index contributed by atoms with van der Waals surface area (Å²) in [5.74, 6) is -1.53. The van der Waals surface area contributed by atoms with Crippen molar-refractivity contribution in [3.05, 3.63) is 60.2 Å². The molecule has 0 aliphatic heterocycles. The van der Waals surface area contributed by atoms with Crippen LogP contribution in [0.5, 0.6) is 11.5 Å². The molecule has 0 aliphatic carbocycles. The van der Waals surface area contributed by atoms with Gasteiger partial charge in [0, 0.05) is 18.8 Å². The first-order valence-electron chi connectivity index (χ1n) is 8.65. The second kappa shape index (κ2) is 10.4. The molecule has 31 heavy (non-hydrogen) atoms. The number of hydrogen-bond donors (Lipinski definition) is 1. The van der Waals surface area contributed by atoms with Crippen LogP contribution in [0.4, 0.5) is 27.6 Å². The molecule has 0 saturated heterocycles. The Labute approximate surface area is 173 Å². The van der Waals surface area contributed by atoms with E-state index in [0.717, 1.165) is 17.0 Å². The summed E-state index contributed by atoms with van der Waals surface area (Å²) < 4.78 is 68.6. The van der Waals surface area contributed by atoms with Crippen molar-refractivity contribution in [3.63, 3.8) is 0 Å². The second-order valence-electron chi connectivity index (χ2n) is 6.10. The van der Waals surface area contributed by atoms with Crippen LogP contribution in [0.3, 0.4) is 0 Å². The third-order valence-corrected chi connectivity index (χ3v) is 3.65. The predicted molar refractivity (Wildman–Crippen MR) is 101 cm³/mol.